The normalized spacial score (nSPS) is 23.1. The summed E-state index contributed by atoms with van der Waals surface area (Å²) in [5.41, 5.74) is 0.142. The van der Waals surface area contributed by atoms with Crippen LogP contribution in [0.3, 0.4) is 0 Å². The third-order valence-corrected chi connectivity index (χ3v) is 5.05. The Hall–Kier alpha value is -1.46. The minimum Gasteiger partial charge on any atom is -0.373 e. The third-order valence-electron chi connectivity index (χ3n) is 5.05. The predicted molar refractivity (Wildman–Crippen MR) is 103 cm³/mol. The van der Waals surface area contributed by atoms with Crippen molar-refractivity contribution in [3.05, 3.63) is 35.6 Å². The summed E-state index contributed by atoms with van der Waals surface area (Å²) in [5.74, 6) is -0.0437. The molecule has 4 nitrogen and oxygen atoms in total. The highest BCUT2D eigenvalue weighted by Crippen LogP contribution is 2.25. The molecule has 1 aromatic rings. The number of hydrogen-bond donors (Lipinski definition) is 1. The molecule has 1 aliphatic rings. The number of nitrogens with zero attached hydrogens (tertiary/aromatic N) is 1. The molecule has 1 aromatic carbocycles. The first kappa shape index (κ1) is 20.8. The smallest absolute Gasteiger partial charge is 0.237 e. The summed E-state index contributed by atoms with van der Waals surface area (Å²) in [5, 5.41) is 3.07. The predicted octanol–water partition coefficient (Wildman–Crippen LogP) is 3.35. The van der Waals surface area contributed by atoms with Crippen LogP contribution in [0.15, 0.2) is 24.3 Å². The minimum absolute atomic E-state index is 0.00529. The monoisotopic (exact) mass is 364 g/mol. The van der Waals surface area contributed by atoms with E-state index in [0.29, 0.717) is 12.1 Å². The van der Waals surface area contributed by atoms with Crippen molar-refractivity contribution in [1.82, 2.24) is 10.2 Å². The van der Waals surface area contributed by atoms with Gasteiger partial charge in [-0.2, -0.15) is 0 Å². The molecule has 0 bridgehead atoms. The van der Waals surface area contributed by atoms with E-state index in [1.54, 1.807) is 12.1 Å². The van der Waals surface area contributed by atoms with E-state index in [2.05, 4.69) is 24.1 Å². The number of hydrogen-bond acceptors (Lipinski definition) is 3. The number of amides is 1. The molecule has 1 amide bonds. The number of halogens is 1. The Morgan fingerprint density at radius 1 is 1.27 bits per heavy atom. The van der Waals surface area contributed by atoms with Gasteiger partial charge in [0.15, 0.2) is 0 Å². The summed E-state index contributed by atoms with van der Waals surface area (Å²) in [6.45, 7) is 14.0. The van der Waals surface area contributed by atoms with Gasteiger partial charge in [0, 0.05) is 25.0 Å². The van der Waals surface area contributed by atoms with E-state index in [1.807, 2.05) is 33.8 Å². The summed E-state index contributed by atoms with van der Waals surface area (Å²) in [4.78, 5) is 15.2. The van der Waals surface area contributed by atoms with Crippen molar-refractivity contribution in [3.8, 4) is 0 Å². The van der Waals surface area contributed by atoms with Gasteiger partial charge < -0.3 is 10.1 Å². The first-order valence-corrected chi connectivity index (χ1v) is 9.54. The standard InChI is InChI=1S/C21H33FN2O2/c1-14(2)19(24-11-15(3)26-16(4)12-24)20(25)23-13-21(5,6)17-9-7-8-10-18(17)22/h7-10,14-16,19H,11-13H2,1-6H3,(H,23,25). The number of carbonyl (C=O) groups excluding carboxylic acids is 1. The molecule has 1 saturated heterocycles. The lowest BCUT2D eigenvalue weighted by molar-refractivity contribution is -0.135. The zero-order chi connectivity index (χ0) is 19.5. The molecule has 3 unspecified atom stereocenters. The molecule has 5 heteroatoms. The molecule has 3 atom stereocenters. The average molecular weight is 365 g/mol. The second-order valence-corrected chi connectivity index (χ2v) is 8.48. The Morgan fingerprint density at radius 2 is 1.85 bits per heavy atom. The Labute approximate surface area is 157 Å². The van der Waals surface area contributed by atoms with Crippen LogP contribution < -0.4 is 5.32 Å². The largest absolute Gasteiger partial charge is 0.373 e. The fraction of sp³-hybridized carbons (Fsp3) is 0.667. The maximum Gasteiger partial charge on any atom is 0.237 e. The van der Waals surface area contributed by atoms with E-state index in [-0.39, 0.29) is 35.9 Å². The van der Waals surface area contributed by atoms with Crippen LogP contribution in [0.4, 0.5) is 4.39 Å². The molecule has 0 aliphatic carbocycles. The molecule has 1 heterocycles. The van der Waals surface area contributed by atoms with Gasteiger partial charge in [0.2, 0.25) is 5.91 Å². The number of ether oxygens (including phenoxy) is 1. The highest BCUT2D eigenvalue weighted by Gasteiger charge is 2.35. The zero-order valence-corrected chi connectivity index (χ0v) is 16.9. The highest BCUT2D eigenvalue weighted by molar-refractivity contribution is 5.82. The van der Waals surface area contributed by atoms with E-state index in [4.69, 9.17) is 4.74 Å². The van der Waals surface area contributed by atoms with Crippen LogP contribution in [0.2, 0.25) is 0 Å². The van der Waals surface area contributed by atoms with Gasteiger partial charge in [-0.15, -0.1) is 0 Å². The molecule has 2 rings (SSSR count). The molecular formula is C21H33FN2O2. The van der Waals surface area contributed by atoms with Crippen molar-refractivity contribution in [2.45, 2.75) is 65.2 Å². The van der Waals surface area contributed by atoms with Crippen LogP contribution in [0.1, 0.15) is 47.1 Å². The van der Waals surface area contributed by atoms with Crippen LogP contribution in [-0.4, -0.2) is 48.7 Å². The van der Waals surface area contributed by atoms with Crippen molar-refractivity contribution in [1.29, 1.82) is 0 Å². The molecule has 0 aromatic heterocycles. The maximum absolute atomic E-state index is 14.1. The summed E-state index contributed by atoms with van der Waals surface area (Å²) < 4.78 is 19.9. The van der Waals surface area contributed by atoms with Gasteiger partial charge in [0.25, 0.3) is 0 Å². The number of benzene rings is 1. The van der Waals surface area contributed by atoms with Crippen LogP contribution in [-0.2, 0) is 14.9 Å². The van der Waals surface area contributed by atoms with Crippen molar-refractivity contribution in [3.63, 3.8) is 0 Å². The number of carbonyl (C=O) groups is 1. The van der Waals surface area contributed by atoms with Crippen molar-refractivity contribution in [2.75, 3.05) is 19.6 Å². The van der Waals surface area contributed by atoms with Gasteiger partial charge in [0.05, 0.1) is 18.2 Å². The second kappa shape index (κ2) is 8.49. The first-order valence-electron chi connectivity index (χ1n) is 9.54. The minimum atomic E-state index is -0.478. The highest BCUT2D eigenvalue weighted by atomic mass is 19.1. The Bertz CT molecular complexity index is 608. The Morgan fingerprint density at radius 3 is 2.38 bits per heavy atom. The Kier molecular flexibility index (Phi) is 6.80. The molecule has 1 aliphatic heterocycles. The SMILES string of the molecule is CC1CN(C(C(=O)NCC(C)(C)c2ccccc2F)C(C)C)CC(C)O1. The van der Waals surface area contributed by atoms with Crippen molar-refractivity contribution >= 4 is 5.91 Å². The lowest BCUT2D eigenvalue weighted by atomic mass is 9.84. The molecule has 0 saturated carbocycles. The molecule has 26 heavy (non-hydrogen) atoms. The molecular weight excluding hydrogens is 331 g/mol. The van der Waals surface area contributed by atoms with Gasteiger partial charge in [-0.3, -0.25) is 9.69 Å². The van der Waals surface area contributed by atoms with Crippen LogP contribution in [0, 0.1) is 11.7 Å². The second-order valence-electron chi connectivity index (χ2n) is 8.48. The van der Waals surface area contributed by atoms with E-state index < -0.39 is 5.41 Å². The zero-order valence-electron chi connectivity index (χ0n) is 16.9. The van der Waals surface area contributed by atoms with E-state index >= 15 is 0 Å². The van der Waals surface area contributed by atoms with Crippen LogP contribution in [0.25, 0.3) is 0 Å². The average Bonchev–Trinajstić information content (AvgIpc) is 2.52. The van der Waals surface area contributed by atoms with E-state index in [0.717, 1.165) is 13.1 Å². The van der Waals surface area contributed by atoms with Crippen molar-refractivity contribution < 1.29 is 13.9 Å². The fourth-order valence-corrected chi connectivity index (χ4v) is 3.85. The summed E-state index contributed by atoms with van der Waals surface area (Å²) in [7, 11) is 0. The Balaban J connectivity index is 2.07. The maximum atomic E-state index is 14.1. The van der Waals surface area contributed by atoms with E-state index in [1.165, 1.54) is 6.07 Å². The van der Waals surface area contributed by atoms with Crippen molar-refractivity contribution in [2.24, 2.45) is 5.92 Å². The third kappa shape index (κ3) is 5.04. The number of nitrogens with one attached hydrogen (secondary N) is 1. The molecule has 146 valence electrons. The van der Waals surface area contributed by atoms with Gasteiger partial charge >= 0.3 is 0 Å². The molecule has 1 N–H and O–H groups in total. The van der Waals surface area contributed by atoms with Gasteiger partial charge in [-0.25, -0.2) is 4.39 Å². The van der Waals surface area contributed by atoms with Gasteiger partial charge in [-0.05, 0) is 31.4 Å². The van der Waals surface area contributed by atoms with Gasteiger partial charge in [0.1, 0.15) is 5.82 Å². The topological polar surface area (TPSA) is 41.6 Å². The number of rotatable bonds is 6. The lowest BCUT2D eigenvalue weighted by Crippen LogP contribution is -2.57. The first-order chi connectivity index (χ1) is 12.1. The molecule has 0 spiro atoms. The molecule has 1 fully saturated rings. The van der Waals surface area contributed by atoms with E-state index in [9.17, 15) is 9.18 Å². The quantitative estimate of drug-likeness (QED) is 0.842. The number of morpholine rings is 1. The van der Waals surface area contributed by atoms with Crippen LogP contribution in [0.5, 0.6) is 0 Å². The summed E-state index contributed by atoms with van der Waals surface area (Å²) in [6, 6.07) is 6.55. The molecule has 0 radical (unpaired) electrons. The lowest BCUT2D eigenvalue weighted by Gasteiger charge is -2.41. The summed E-state index contributed by atoms with van der Waals surface area (Å²) in [6.07, 6.45) is 0.227. The van der Waals surface area contributed by atoms with Crippen LogP contribution >= 0.6 is 0 Å². The summed E-state index contributed by atoms with van der Waals surface area (Å²) >= 11 is 0. The van der Waals surface area contributed by atoms with Gasteiger partial charge in [-0.1, -0.05) is 45.9 Å². The fourth-order valence-electron chi connectivity index (χ4n) is 3.85.